The highest BCUT2D eigenvalue weighted by Crippen LogP contribution is 2.20. The zero-order valence-corrected chi connectivity index (χ0v) is 11.0. The Kier molecular flexibility index (Phi) is 6.44. The number of pyridine rings is 1. The fraction of sp³-hybridized carbons (Fsp3) is 0.583. The predicted octanol–water partition coefficient (Wildman–Crippen LogP) is 1.60. The lowest BCUT2D eigenvalue weighted by Crippen LogP contribution is -2.27. The second-order valence-corrected chi connectivity index (χ2v) is 3.99. The van der Waals surface area contributed by atoms with Crippen molar-refractivity contribution < 1.29 is 18.6 Å². The summed E-state index contributed by atoms with van der Waals surface area (Å²) in [6.07, 6.45) is 0.378. The van der Waals surface area contributed by atoms with Crippen molar-refractivity contribution in [1.82, 2.24) is 4.98 Å². The van der Waals surface area contributed by atoms with Crippen molar-refractivity contribution in [3.8, 4) is 0 Å². The first-order valence-electron chi connectivity index (χ1n) is 6.08. The standard InChI is InChI=1S/C12H19F2N3O2/c1-3-15-11-9(13)6-10(14)12(17-11)16-8(4-5-18)7-19-2/h6,8,18H,3-5,7H2,1-2H3,(H2,15,16,17). The van der Waals surface area contributed by atoms with Gasteiger partial charge in [-0.05, 0) is 13.3 Å². The number of ether oxygens (including phenoxy) is 1. The highest BCUT2D eigenvalue weighted by atomic mass is 19.1. The summed E-state index contributed by atoms with van der Waals surface area (Å²) in [7, 11) is 1.50. The van der Waals surface area contributed by atoms with Crippen LogP contribution in [-0.2, 0) is 4.74 Å². The lowest BCUT2D eigenvalue weighted by Gasteiger charge is -2.18. The topological polar surface area (TPSA) is 66.4 Å². The Labute approximate surface area is 111 Å². The third kappa shape index (κ3) is 4.60. The van der Waals surface area contributed by atoms with Crippen molar-refractivity contribution in [1.29, 1.82) is 0 Å². The van der Waals surface area contributed by atoms with E-state index in [1.807, 2.05) is 0 Å². The van der Waals surface area contributed by atoms with Gasteiger partial charge in [-0.25, -0.2) is 13.8 Å². The minimum atomic E-state index is -0.779. The van der Waals surface area contributed by atoms with Crippen molar-refractivity contribution >= 4 is 11.6 Å². The molecule has 0 aliphatic carbocycles. The molecule has 0 saturated carbocycles. The number of rotatable bonds is 8. The SMILES string of the molecule is CCNc1nc(NC(CCO)COC)c(F)cc1F. The number of methoxy groups -OCH3 is 1. The maximum Gasteiger partial charge on any atom is 0.168 e. The van der Waals surface area contributed by atoms with E-state index < -0.39 is 11.6 Å². The van der Waals surface area contributed by atoms with Crippen LogP contribution in [0.15, 0.2) is 6.07 Å². The number of aromatic nitrogens is 1. The molecule has 19 heavy (non-hydrogen) atoms. The van der Waals surface area contributed by atoms with Crippen LogP contribution in [0.1, 0.15) is 13.3 Å². The Hall–Kier alpha value is -1.47. The average Bonchev–Trinajstić information content (AvgIpc) is 2.36. The van der Waals surface area contributed by atoms with Crippen molar-refractivity contribution in [3.63, 3.8) is 0 Å². The number of anilines is 2. The van der Waals surface area contributed by atoms with Crippen molar-refractivity contribution in [3.05, 3.63) is 17.7 Å². The monoisotopic (exact) mass is 275 g/mol. The Morgan fingerprint density at radius 1 is 1.37 bits per heavy atom. The van der Waals surface area contributed by atoms with Crippen LogP contribution in [0.25, 0.3) is 0 Å². The first-order valence-corrected chi connectivity index (χ1v) is 6.08. The molecule has 1 unspecified atom stereocenters. The van der Waals surface area contributed by atoms with E-state index in [4.69, 9.17) is 9.84 Å². The van der Waals surface area contributed by atoms with Crippen molar-refractivity contribution in [2.24, 2.45) is 0 Å². The van der Waals surface area contributed by atoms with Crippen LogP contribution in [0, 0.1) is 11.6 Å². The van der Waals surface area contributed by atoms with Gasteiger partial charge in [0.15, 0.2) is 23.3 Å². The quantitative estimate of drug-likeness (QED) is 0.672. The van der Waals surface area contributed by atoms with Gasteiger partial charge in [0.2, 0.25) is 0 Å². The van der Waals surface area contributed by atoms with Crippen molar-refractivity contribution in [2.45, 2.75) is 19.4 Å². The molecule has 0 spiro atoms. The fourth-order valence-electron chi connectivity index (χ4n) is 1.61. The molecule has 1 aromatic heterocycles. The molecule has 1 rings (SSSR count). The number of nitrogens with one attached hydrogen (secondary N) is 2. The molecule has 0 aliphatic rings. The summed E-state index contributed by atoms with van der Waals surface area (Å²) >= 11 is 0. The zero-order chi connectivity index (χ0) is 14.3. The molecule has 1 heterocycles. The summed E-state index contributed by atoms with van der Waals surface area (Å²) in [6, 6.07) is 0.479. The Morgan fingerprint density at radius 2 is 2.05 bits per heavy atom. The van der Waals surface area contributed by atoms with Gasteiger partial charge in [0, 0.05) is 26.3 Å². The molecule has 1 aromatic rings. The lowest BCUT2D eigenvalue weighted by atomic mass is 10.2. The molecule has 5 nitrogen and oxygen atoms in total. The van der Waals surface area contributed by atoms with E-state index in [2.05, 4.69) is 15.6 Å². The van der Waals surface area contributed by atoms with Gasteiger partial charge in [-0.3, -0.25) is 0 Å². The largest absolute Gasteiger partial charge is 0.396 e. The summed E-state index contributed by atoms with van der Waals surface area (Å²) < 4.78 is 32.0. The summed E-state index contributed by atoms with van der Waals surface area (Å²) in [5.74, 6) is -1.59. The van der Waals surface area contributed by atoms with Gasteiger partial charge in [-0.15, -0.1) is 0 Å². The van der Waals surface area contributed by atoms with Crippen molar-refractivity contribution in [2.75, 3.05) is 37.5 Å². The molecule has 0 bridgehead atoms. The molecule has 108 valence electrons. The first-order chi connectivity index (χ1) is 9.12. The smallest absolute Gasteiger partial charge is 0.168 e. The van der Waals surface area contributed by atoms with E-state index in [-0.39, 0.29) is 30.9 Å². The van der Waals surface area contributed by atoms with Crippen LogP contribution in [0.2, 0.25) is 0 Å². The highest BCUT2D eigenvalue weighted by molar-refractivity contribution is 5.48. The maximum absolute atomic E-state index is 13.6. The number of hydrogen-bond donors (Lipinski definition) is 3. The van der Waals surface area contributed by atoms with E-state index in [0.29, 0.717) is 13.0 Å². The summed E-state index contributed by atoms with van der Waals surface area (Å²) in [5, 5.41) is 14.4. The Bertz CT molecular complexity index is 399. The molecule has 0 aromatic carbocycles. The zero-order valence-electron chi connectivity index (χ0n) is 11.0. The molecule has 0 radical (unpaired) electrons. The molecule has 1 atom stereocenters. The summed E-state index contributed by atoms with van der Waals surface area (Å²) in [4.78, 5) is 3.86. The number of halogens is 2. The molecule has 0 amide bonds. The molecule has 0 aliphatic heterocycles. The van der Waals surface area contributed by atoms with Crippen LogP contribution in [0.3, 0.4) is 0 Å². The number of aliphatic hydroxyl groups is 1. The second kappa shape index (κ2) is 7.85. The molecule has 7 heteroatoms. The van der Waals surface area contributed by atoms with E-state index in [1.54, 1.807) is 6.92 Å². The van der Waals surface area contributed by atoms with Gasteiger partial charge in [0.25, 0.3) is 0 Å². The normalized spacial score (nSPS) is 12.3. The molecular weight excluding hydrogens is 256 g/mol. The van der Waals surface area contributed by atoms with Gasteiger partial charge < -0.3 is 20.5 Å². The van der Waals surface area contributed by atoms with Gasteiger partial charge in [0.1, 0.15) is 0 Å². The first kappa shape index (κ1) is 15.6. The minimum Gasteiger partial charge on any atom is -0.396 e. The lowest BCUT2D eigenvalue weighted by molar-refractivity contribution is 0.170. The van der Waals surface area contributed by atoms with Gasteiger partial charge in [0.05, 0.1) is 12.6 Å². The second-order valence-electron chi connectivity index (χ2n) is 3.99. The summed E-state index contributed by atoms with van der Waals surface area (Å²) in [5.41, 5.74) is 0. The van der Waals surface area contributed by atoms with Gasteiger partial charge in [-0.2, -0.15) is 0 Å². The Morgan fingerprint density at radius 3 is 2.63 bits per heavy atom. The van der Waals surface area contributed by atoms with Crippen LogP contribution < -0.4 is 10.6 Å². The van der Waals surface area contributed by atoms with Crippen LogP contribution in [0.5, 0.6) is 0 Å². The highest BCUT2D eigenvalue weighted by Gasteiger charge is 2.15. The van der Waals surface area contributed by atoms with E-state index in [9.17, 15) is 8.78 Å². The van der Waals surface area contributed by atoms with E-state index >= 15 is 0 Å². The molecule has 0 saturated heterocycles. The maximum atomic E-state index is 13.6. The Balaban J connectivity index is 2.88. The van der Waals surface area contributed by atoms with Gasteiger partial charge >= 0.3 is 0 Å². The third-order valence-electron chi connectivity index (χ3n) is 2.46. The van der Waals surface area contributed by atoms with Crippen LogP contribution in [0.4, 0.5) is 20.4 Å². The van der Waals surface area contributed by atoms with Gasteiger partial charge in [-0.1, -0.05) is 0 Å². The number of hydrogen-bond acceptors (Lipinski definition) is 5. The minimum absolute atomic E-state index is 0.00781. The predicted molar refractivity (Wildman–Crippen MR) is 69.3 cm³/mol. The van der Waals surface area contributed by atoms with E-state index in [0.717, 1.165) is 6.07 Å². The third-order valence-corrected chi connectivity index (χ3v) is 2.46. The summed E-state index contributed by atoms with van der Waals surface area (Å²) in [6.45, 7) is 2.49. The average molecular weight is 275 g/mol. The number of aliphatic hydroxyl groups excluding tert-OH is 1. The molecule has 0 fully saturated rings. The van der Waals surface area contributed by atoms with Crippen LogP contribution in [-0.4, -0.2) is 43.0 Å². The fourth-order valence-corrected chi connectivity index (χ4v) is 1.61. The number of nitrogens with zero attached hydrogens (tertiary/aromatic N) is 1. The molecule has 3 N–H and O–H groups in total. The molecular formula is C12H19F2N3O2. The van der Waals surface area contributed by atoms with Crippen LogP contribution >= 0.6 is 0 Å². The van der Waals surface area contributed by atoms with E-state index in [1.165, 1.54) is 7.11 Å².